The average molecular weight is 291 g/mol. The summed E-state index contributed by atoms with van der Waals surface area (Å²) in [4.78, 5) is 18.2. The van der Waals surface area contributed by atoms with E-state index < -0.39 is 5.60 Å². The SMILES string of the molecule is Cc1ccncc1NCC1CCCN1C(=O)OC(C)(C)C. The molecule has 1 aliphatic rings. The fourth-order valence-corrected chi connectivity index (χ4v) is 2.49. The van der Waals surface area contributed by atoms with E-state index in [1.54, 1.807) is 6.20 Å². The van der Waals surface area contributed by atoms with Crippen molar-refractivity contribution in [2.24, 2.45) is 0 Å². The van der Waals surface area contributed by atoms with Crippen molar-refractivity contribution in [3.8, 4) is 0 Å². The van der Waals surface area contributed by atoms with E-state index in [1.165, 1.54) is 0 Å². The first kappa shape index (κ1) is 15.6. The Balaban J connectivity index is 1.93. The van der Waals surface area contributed by atoms with Crippen LogP contribution in [0.5, 0.6) is 0 Å². The van der Waals surface area contributed by atoms with Crippen LogP contribution in [0.3, 0.4) is 0 Å². The molecular formula is C16H25N3O2. The molecule has 0 bridgehead atoms. The zero-order valence-corrected chi connectivity index (χ0v) is 13.3. The zero-order chi connectivity index (χ0) is 15.5. The second-order valence-corrected chi connectivity index (χ2v) is 6.54. The van der Waals surface area contributed by atoms with Crippen molar-refractivity contribution in [2.45, 2.75) is 52.2 Å². The summed E-state index contributed by atoms with van der Waals surface area (Å²) in [6.07, 6.45) is 5.42. The van der Waals surface area contributed by atoms with Crippen molar-refractivity contribution in [3.63, 3.8) is 0 Å². The maximum Gasteiger partial charge on any atom is 0.410 e. The van der Waals surface area contributed by atoms with Gasteiger partial charge in [-0.1, -0.05) is 0 Å². The molecule has 2 heterocycles. The Kier molecular flexibility index (Phi) is 4.70. The van der Waals surface area contributed by atoms with E-state index in [2.05, 4.69) is 10.3 Å². The summed E-state index contributed by atoms with van der Waals surface area (Å²) < 4.78 is 5.47. The third kappa shape index (κ3) is 4.34. The van der Waals surface area contributed by atoms with Gasteiger partial charge in [0.25, 0.3) is 0 Å². The van der Waals surface area contributed by atoms with E-state index in [-0.39, 0.29) is 12.1 Å². The molecule has 1 fully saturated rings. The Morgan fingerprint density at radius 2 is 2.29 bits per heavy atom. The molecule has 2 rings (SSSR count). The van der Waals surface area contributed by atoms with Gasteiger partial charge in [-0.05, 0) is 52.2 Å². The summed E-state index contributed by atoms with van der Waals surface area (Å²) >= 11 is 0. The van der Waals surface area contributed by atoms with Gasteiger partial charge in [0.05, 0.1) is 17.9 Å². The van der Waals surface area contributed by atoms with Crippen LogP contribution in [0.4, 0.5) is 10.5 Å². The smallest absolute Gasteiger partial charge is 0.410 e. The average Bonchev–Trinajstić information content (AvgIpc) is 2.84. The molecule has 0 aliphatic carbocycles. The van der Waals surface area contributed by atoms with Crippen molar-refractivity contribution in [3.05, 3.63) is 24.0 Å². The van der Waals surface area contributed by atoms with E-state index in [0.29, 0.717) is 0 Å². The van der Waals surface area contributed by atoms with E-state index in [1.807, 2.05) is 44.9 Å². The van der Waals surface area contributed by atoms with Gasteiger partial charge < -0.3 is 15.0 Å². The lowest BCUT2D eigenvalue weighted by Crippen LogP contribution is -2.42. The normalized spacial score (nSPS) is 18.7. The van der Waals surface area contributed by atoms with Crippen molar-refractivity contribution < 1.29 is 9.53 Å². The lowest BCUT2D eigenvalue weighted by atomic mass is 10.2. The largest absolute Gasteiger partial charge is 0.444 e. The third-order valence-electron chi connectivity index (χ3n) is 3.57. The predicted molar refractivity (Wildman–Crippen MR) is 83.4 cm³/mol. The molecule has 5 heteroatoms. The third-order valence-corrected chi connectivity index (χ3v) is 3.57. The van der Waals surface area contributed by atoms with Gasteiger partial charge in [-0.2, -0.15) is 0 Å². The van der Waals surface area contributed by atoms with Crippen LogP contribution >= 0.6 is 0 Å². The van der Waals surface area contributed by atoms with Crippen molar-refractivity contribution >= 4 is 11.8 Å². The maximum absolute atomic E-state index is 12.2. The van der Waals surface area contributed by atoms with E-state index in [9.17, 15) is 4.79 Å². The summed E-state index contributed by atoms with van der Waals surface area (Å²) in [7, 11) is 0. The van der Waals surface area contributed by atoms with Gasteiger partial charge in [0.1, 0.15) is 5.60 Å². The van der Waals surface area contributed by atoms with Gasteiger partial charge in [-0.15, -0.1) is 0 Å². The number of anilines is 1. The molecule has 5 nitrogen and oxygen atoms in total. The summed E-state index contributed by atoms with van der Waals surface area (Å²) in [6, 6.07) is 2.15. The fourth-order valence-electron chi connectivity index (χ4n) is 2.49. The van der Waals surface area contributed by atoms with Gasteiger partial charge >= 0.3 is 6.09 Å². The Morgan fingerprint density at radius 3 is 2.95 bits per heavy atom. The van der Waals surface area contributed by atoms with E-state index in [4.69, 9.17) is 4.74 Å². The first-order valence-electron chi connectivity index (χ1n) is 7.51. The summed E-state index contributed by atoms with van der Waals surface area (Å²) in [6.45, 7) is 9.23. The first-order valence-corrected chi connectivity index (χ1v) is 7.51. The van der Waals surface area contributed by atoms with Gasteiger partial charge in [-0.3, -0.25) is 4.98 Å². The minimum absolute atomic E-state index is 0.180. The second kappa shape index (κ2) is 6.33. The van der Waals surface area contributed by atoms with Gasteiger partial charge in [-0.25, -0.2) is 4.79 Å². The van der Waals surface area contributed by atoms with Crippen LogP contribution in [0.1, 0.15) is 39.2 Å². The molecule has 1 N–H and O–H groups in total. The van der Waals surface area contributed by atoms with Gasteiger partial charge in [0.15, 0.2) is 0 Å². The molecule has 1 unspecified atom stereocenters. The Bertz CT molecular complexity index is 497. The molecule has 21 heavy (non-hydrogen) atoms. The molecule has 116 valence electrons. The highest BCUT2D eigenvalue weighted by molar-refractivity contribution is 5.69. The summed E-state index contributed by atoms with van der Waals surface area (Å²) in [5.74, 6) is 0. The summed E-state index contributed by atoms with van der Waals surface area (Å²) in [5, 5.41) is 3.39. The number of rotatable bonds is 3. The lowest BCUT2D eigenvalue weighted by Gasteiger charge is -2.29. The molecule has 1 aromatic rings. The van der Waals surface area contributed by atoms with Crippen molar-refractivity contribution in [2.75, 3.05) is 18.4 Å². The number of nitrogens with one attached hydrogen (secondary N) is 1. The van der Waals surface area contributed by atoms with Crippen molar-refractivity contribution in [1.29, 1.82) is 0 Å². The molecule has 0 saturated carbocycles. The first-order chi connectivity index (χ1) is 9.87. The van der Waals surface area contributed by atoms with Crippen molar-refractivity contribution in [1.82, 2.24) is 9.88 Å². The topological polar surface area (TPSA) is 54.5 Å². The minimum atomic E-state index is -0.447. The quantitative estimate of drug-likeness (QED) is 0.929. The molecule has 0 radical (unpaired) electrons. The van der Waals surface area contributed by atoms with E-state index in [0.717, 1.165) is 37.2 Å². The van der Waals surface area contributed by atoms with Crippen LogP contribution in [-0.4, -0.2) is 40.7 Å². The molecule has 1 aliphatic heterocycles. The monoisotopic (exact) mass is 291 g/mol. The summed E-state index contributed by atoms with van der Waals surface area (Å²) in [5.41, 5.74) is 1.73. The fraction of sp³-hybridized carbons (Fsp3) is 0.625. The van der Waals surface area contributed by atoms with Crippen LogP contribution in [0, 0.1) is 6.92 Å². The highest BCUT2D eigenvalue weighted by Gasteiger charge is 2.31. The molecule has 1 aromatic heterocycles. The number of ether oxygens (including phenoxy) is 1. The number of amides is 1. The van der Waals surface area contributed by atoms with Gasteiger partial charge in [0, 0.05) is 19.3 Å². The number of carbonyl (C=O) groups excluding carboxylic acids is 1. The molecule has 1 amide bonds. The number of nitrogens with zero attached hydrogens (tertiary/aromatic N) is 2. The van der Waals surface area contributed by atoms with Crippen LogP contribution in [0.25, 0.3) is 0 Å². The standard InChI is InChI=1S/C16H25N3O2/c1-12-7-8-17-11-14(12)18-10-13-6-5-9-19(13)15(20)21-16(2,3)4/h7-8,11,13,18H,5-6,9-10H2,1-4H3. The number of likely N-dealkylation sites (tertiary alicyclic amines) is 1. The van der Waals surface area contributed by atoms with Crippen LogP contribution in [0.2, 0.25) is 0 Å². The molecular weight excluding hydrogens is 266 g/mol. The maximum atomic E-state index is 12.2. The lowest BCUT2D eigenvalue weighted by molar-refractivity contribution is 0.0235. The number of aromatic nitrogens is 1. The zero-order valence-electron chi connectivity index (χ0n) is 13.3. The highest BCUT2D eigenvalue weighted by Crippen LogP contribution is 2.22. The molecule has 0 spiro atoms. The molecule has 0 aromatic carbocycles. The van der Waals surface area contributed by atoms with Crippen LogP contribution in [0.15, 0.2) is 18.5 Å². The highest BCUT2D eigenvalue weighted by atomic mass is 16.6. The molecule has 1 saturated heterocycles. The minimum Gasteiger partial charge on any atom is -0.444 e. The number of hydrogen-bond acceptors (Lipinski definition) is 4. The Hall–Kier alpha value is -1.78. The van der Waals surface area contributed by atoms with Crippen LogP contribution < -0.4 is 5.32 Å². The Morgan fingerprint density at radius 1 is 1.52 bits per heavy atom. The predicted octanol–water partition coefficient (Wildman–Crippen LogP) is 3.20. The number of pyridine rings is 1. The number of aryl methyl sites for hydroxylation is 1. The second-order valence-electron chi connectivity index (χ2n) is 6.54. The van der Waals surface area contributed by atoms with Crippen LogP contribution in [-0.2, 0) is 4.74 Å². The Labute approximate surface area is 126 Å². The van der Waals surface area contributed by atoms with E-state index >= 15 is 0 Å². The van der Waals surface area contributed by atoms with Gasteiger partial charge in [0.2, 0.25) is 0 Å². The molecule has 1 atom stereocenters. The number of carbonyl (C=O) groups is 1. The number of hydrogen-bond donors (Lipinski definition) is 1.